The Balaban J connectivity index is 2.33. The molecule has 1 aromatic carbocycles. The maximum Gasteiger partial charge on any atom is 0.243 e. The van der Waals surface area contributed by atoms with Crippen LogP contribution in [-0.4, -0.2) is 24.8 Å². The van der Waals surface area contributed by atoms with Crippen LogP contribution in [0.1, 0.15) is 17.0 Å². The molecule has 1 aromatic heterocycles. The van der Waals surface area contributed by atoms with Gasteiger partial charge in [-0.3, -0.25) is 4.98 Å². The molecule has 2 rings (SSSR count). The van der Waals surface area contributed by atoms with Gasteiger partial charge in [0.25, 0.3) is 0 Å². The number of rotatable bonds is 4. The largest absolute Gasteiger partial charge is 0.398 e. The summed E-state index contributed by atoms with van der Waals surface area (Å²) in [5.41, 5.74) is 8.41. The van der Waals surface area contributed by atoms with Crippen molar-refractivity contribution < 1.29 is 8.42 Å². The van der Waals surface area contributed by atoms with Gasteiger partial charge in [0, 0.05) is 18.4 Å². The first kappa shape index (κ1) is 15.5. The molecule has 6 heteroatoms. The zero-order chi connectivity index (χ0) is 15.6. The van der Waals surface area contributed by atoms with E-state index in [0.29, 0.717) is 16.9 Å². The number of nitrogens with zero attached hydrogens (tertiary/aromatic N) is 2. The molecule has 5 nitrogen and oxygen atoms in total. The van der Waals surface area contributed by atoms with Gasteiger partial charge in [-0.05, 0) is 43.7 Å². The van der Waals surface area contributed by atoms with Crippen LogP contribution in [-0.2, 0) is 16.6 Å². The van der Waals surface area contributed by atoms with E-state index in [0.717, 1.165) is 5.69 Å². The lowest BCUT2D eigenvalue weighted by Crippen LogP contribution is -2.27. The zero-order valence-electron chi connectivity index (χ0n) is 12.4. The number of aromatic nitrogens is 1. The minimum Gasteiger partial charge on any atom is -0.398 e. The lowest BCUT2D eigenvalue weighted by molar-refractivity contribution is 0.461. The Morgan fingerprint density at radius 2 is 1.81 bits per heavy atom. The van der Waals surface area contributed by atoms with Crippen LogP contribution >= 0.6 is 0 Å². The molecule has 2 N–H and O–H groups in total. The third kappa shape index (κ3) is 3.22. The number of nitrogens with two attached hydrogens (primary N) is 1. The molecule has 0 amide bonds. The van der Waals surface area contributed by atoms with Crippen molar-refractivity contribution in [1.82, 2.24) is 9.29 Å². The molecule has 0 aliphatic carbocycles. The SMILES string of the molecule is Cc1cccc(CN(C)S(=O)(=O)c2cccc(N)c2C)n1. The second-order valence-electron chi connectivity index (χ2n) is 5.00. The number of pyridine rings is 1. The van der Waals surface area contributed by atoms with E-state index in [4.69, 9.17) is 5.73 Å². The van der Waals surface area contributed by atoms with E-state index < -0.39 is 10.0 Å². The fourth-order valence-corrected chi connectivity index (χ4v) is 3.47. The summed E-state index contributed by atoms with van der Waals surface area (Å²) in [5, 5.41) is 0. The van der Waals surface area contributed by atoms with Crippen molar-refractivity contribution in [3.63, 3.8) is 0 Å². The number of hydrogen-bond donors (Lipinski definition) is 1. The van der Waals surface area contributed by atoms with Crippen LogP contribution in [0.25, 0.3) is 0 Å². The summed E-state index contributed by atoms with van der Waals surface area (Å²) in [4.78, 5) is 4.56. The number of benzene rings is 1. The number of anilines is 1. The van der Waals surface area contributed by atoms with Gasteiger partial charge in [-0.1, -0.05) is 12.1 Å². The standard InChI is InChI=1S/C15H19N3O2S/c1-11-6-4-7-13(17-11)10-18(3)21(19,20)15-9-5-8-14(16)12(15)2/h4-9H,10,16H2,1-3H3. The van der Waals surface area contributed by atoms with Crippen molar-refractivity contribution in [2.75, 3.05) is 12.8 Å². The second-order valence-corrected chi connectivity index (χ2v) is 7.02. The first-order valence-electron chi connectivity index (χ1n) is 6.56. The van der Waals surface area contributed by atoms with Gasteiger partial charge in [0.05, 0.1) is 17.1 Å². The summed E-state index contributed by atoms with van der Waals surface area (Å²) in [7, 11) is -2.05. The van der Waals surface area contributed by atoms with Crippen LogP contribution < -0.4 is 5.73 Å². The summed E-state index contributed by atoms with van der Waals surface area (Å²) in [6.07, 6.45) is 0. The summed E-state index contributed by atoms with van der Waals surface area (Å²) < 4.78 is 26.6. The number of sulfonamides is 1. The number of nitrogen functional groups attached to an aromatic ring is 1. The van der Waals surface area contributed by atoms with Crippen molar-refractivity contribution in [1.29, 1.82) is 0 Å². The lowest BCUT2D eigenvalue weighted by Gasteiger charge is -2.19. The highest BCUT2D eigenvalue weighted by Gasteiger charge is 2.23. The predicted molar refractivity (Wildman–Crippen MR) is 83.2 cm³/mol. The van der Waals surface area contributed by atoms with E-state index in [1.165, 1.54) is 4.31 Å². The molecule has 0 aliphatic rings. The molecule has 0 saturated carbocycles. The molecule has 1 heterocycles. The average molecular weight is 305 g/mol. The van der Waals surface area contributed by atoms with Crippen LogP contribution in [0, 0.1) is 13.8 Å². The summed E-state index contributed by atoms with van der Waals surface area (Å²) >= 11 is 0. The van der Waals surface area contributed by atoms with Gasteiger partial charge in [-0.2, -0.15) is 4.31 Å². The van der Waals surface area contributed by atoms with Crippen LogP contribution in [0.4, 0.5) is 5.69 Å². The molecule has 0 spiro atoms. The van der Waals surface area contributed by atoms with Crippen LogP contribution in [0.5, 0.6) is 0 Å². The van der Waals surface area contributed by atoms with Gasteiger partial charge in [-0.15, -0.1) is 0 Å². The van der Waals surface area contributed by atoms with E-state index in [9.17, 15) is 8.42 Å². The second kappa shape index (κ2) is 5.83. The molecule has 0 radical (unpaired) electrons. The van der Waals surface area contributed by atoms with Crippen molar-refractivity contribution in [2.45, 2.75) is 25.3 Å². The van der Waals surface area contributed by atoms with Gasteiger partial charge in [0.1, 0.15) is 0 Å². The Labute approximate surface area is 125 Å². The predicted octanol–water partition coefficient (Wildman–Crippen LogP) is 2.10. The highest BCUT2D eigenvalue weighted by Crippen LogP contribution is 2.23. The minimum absolute atomic E-state index is 0.220. The summed E-state index contributed by atoms with van der Waals surface area (Å²) in [5.74, 6) is 0. The van der Waals surface area contributed by atoms with E-state index >= 15 is 0 Å². The molecule has 0 unspecified atom stereocenters. The van der Waals surface area contributed by atoms with Gasteiger partial charge in [0.2, 0.25) is 10.0 Å². The molecule has 0 bridgehead atoms. The van der Waals surface area contributed by atoms with Crippen LogP contribution in [0.15, 0.2) is 41.3 Å². The van der Waals surface area contributed by atoms with Crippen molar-refractivity contribution >= 4 is 15.7 Å². The molecule has 112 valence electrons. The van der Waals surface area contributed by atoms with Crippen molar-refractivity contribution in [2.24, 2.45) is 0 Å². The molecular formula is C15H19N3O2S. The maximum absolute atomic E-state index is 12.6. The first-order valence-corrected chi connectivity index (χ1v) is 8.00. The Kier molecular flexibility index (Phi) is 4.29. The van der Waals surface area contributed by atoms with Crippen LogP contribution in [0.2, 0.25) is 0 Å². The summed E-state index contributed by atoms with van der Waals surface area (Å²) in [6, 6.07) is 10.5. The fraction of sp³-hybridized carbons (Fsp3) is 0.267. The van der Waals surface area contributed by atoms with Gasteiger partial charge >= 0.3 is 0 Å². The third-order valence-electron chi connectivity index (χ3n) is 3.34. The Morgan fingerprint density at radius 1 is 1.14 bits per heavy atom. The zero-order valence-corrected chi connectivity index (χ0v) is 13.2. The quantitative estimate of drug-likeness (QED) is 0.878. The first-order chi connectivity index (χ1) is 9.82. The summed E-state index contributed by atoms with van der Waals surface area (Å²) in [6.45, 7) is 3.80. The molecule has 0 saturated heterocycles. The van der Waals surface area contributed by atoms with Gasteiger partial charge < -0.3 is 5.73 Å². The lowest BCUT2D eigenvalue weighted by atomic mass is 10.2. The number of aryl methyl sites for hydroxylation is 1. The smallest absolute Gasteiger partial charge is 0.243 e. The normalized spacial score (nSPS) is 11.8. The van der Waals surface area contributed by atoms with E-state index in [1.807, 2.05) is 25.1 Å². The topological polar surface area (TPSA) is 76.3 Å². The molecule has 21 heavy (non-hydrogen) atoms. The van der Waals surface area contributed by atoms with E-state index in [1.54, 1.807) is 32.2 Å². The van der Waals surface area contributed by atoms with Gasteiger partial charge in [-0.25, -0.2) is 8.42 Å². The maximum atomic E-state index is 12.6. The van der Waals surface area contributed by atoms with Gasteiger partial charge in [0.15, 0.2) is 0 Å². The van der Waals surface area contributed by atoms with E-state index in [-0.39, 0.29) is 11.4 Å². The molecular weight excluding hydrogens is 286 g/mol. The Bertz CT molecular complexity index is 757. The minimum atomic E-state index is -3.59. The Morgan fingerprint density at radius 3 is 2.48 bits per heavy atom. The molecule has 0 fully saturated rings. The fourth-order valence-electron chi connectivity index (χ4n) is 2.08. The highest BCUT2D eigenvalue weighted by atomic mass is 32.2. The van der Waals surface area contributed by atoms with E-state index in [2.05, 4.69) is 4.98 Å². The average Bonchev–Trinajstić information content (AvgIpc) is 2.41. The number of hydrogen-bond acceptors (Lipinski definition) is 4. The highest BCUT2D eigenvalue weighted by molar-refractivity contribution is 7.89. The van der Waals surface area contributed by atoms with Crippen molar-refractivity contribution in [3.8, 4) is 0 Å². The Hall–Kier alpha value is -1.92. The van der Waals surface area contributed by atoms with Crippen molar-refractivity contribution in [3.05, 3.63) is 53.3 Å². The molecule has 2 aromatic rings. The molecule has 0 aliphatic heterocycles. The molecule has 0 atom stereocenters. The monoisotopic (exact) mass is 305 g/mol. The van der Waals surface area contributed by atoms with Crippen LogP contribution in [0.3, 0.4) is 0 Å². The third-order valence-corrected chi connectivity index (χ3v) is 5.29.